The van der Waals surface area contributed by atoms with Gasteiger partial charge in [0.05, 0.1) is 12.2 Å². The van der Waals surface area contributed by atoms with Gasteiger partial charge >= 0.3 is 0 Å². The number of aliphatic hydroxyl groups excluding tert-OH is 1. The van der Waals surface area contributed by atoms with Gasteiger partial charge in [-0.2, -0.15) is 5.26 Å². The molecule has 0 aliphatic heterocycles. The second-order valence-corrected chi connectivity index (χ2v) is 4.48. The molecule has 0 heterocycles. The standard InChI is InChI=1S/C10H16N2O2/c1-6(5-11)9(14)12-7-4-8(13)10(7,2)3/h6-8,13H,4H2,1-3H3,(H,12,14). The van der Waals surface area contributed by atoms with E-state index in [2.05, 4.69) is 5.32 Å². The van der Waals surface area contributed by atoms with Gasteiger partial charge in [-0.05, 0) is 13.3 Å². The SMILES string of the molecule is CC(C#N)C(=O)NC1CC(O)C1(C)C. The van der Waals surface area contributed by atoms with Crippen molar-refractivity contribution in [3.63, 3.8) is 0 Å². The average Bonchev–Trinajstić information content (AvgIpc) is 2.16. The Morgan fingerprint density at radius 1 is 1.71 bits per heavy atom. The van der Waals surface area contributed by atoms with Crippen molar-refractivity contribution in [3.05, 3.63) is 0 Å². The summed E-state index contributed by atoms with van der Waals surface area (Å²) in [5.41, 5.74) is -0.273. The largest absolute Gasteiger partial charge is 0.392 e. The highest BCUT2D eigenvalue weighted by Gasteiger charge is 2.48. The molecule has 1 aliphatic rings. The lowest BCUT2D eigenvalue weighted by Crippen LogP contribution is -2.61. The third-order valence-corrected chi connectivity index (χ3v) is 3.12. The molecule has 0 aromatic carbocycles. The number of nitriles is 1. The molecule has 0 aromatic rings. The van der Waals surface area contributed by atoms with Gasteiger partial charge in [0.25, 0.3) is 0 Å². The van der Waals surface area contributed by atoms with Crippen LogP contribution < -0.4 is 5.32 Å². The van der Waals surface area contributed by atoms with Crippen LogP contribution in [0, 0.1) is 22.7 Å². The van der Waals surface area contributed by atoms with E-state index in [9.17, 15) is 9.90 Å². The third kappa shape index (κ3) is 1.73. The van der Waals surface area contributed by atoms with Gasteiger partial charge in [-0.1, -0.05) is 13.8 Å². The van der Waals surface area contributed by atoms with Gasteiger partial charge in [0.15, 0.2) is 0 Å². The number of hydrogen-bond donors (Lipinski definition) is 2. The van der Waals surface area contributed by atoms with Crippen molar-refractivity contribution in [2.75, 3.05) is 0 Å². The van der Waals surface area contributed by atoms with Crippen molar-refractivity contribution in [2.45, 2.75) is 39.3 Å². The Morgan fingerprint density at radius 3 is 2.64 bits per heavy atom. The zero-order chi connectivity index (χ0) is 10.9. The minimum atomic E-state index is -0.622. The first-order valence-electron chi connectivity index (χ1n) is 4.77. The van der Waals surface area contributed by atoms with E-state index in [0.717, 1.165) is 0 Å². The summed E-state index contributed by atoms with van der Waals surface area (Å²) in [7, 11) is 0. The number of carbonyl (C=O) groups is 1. The van der Waals surface area contributed by atoms with Crippen molar-refractivity contribution in [3.8, 4) is 6.07 Å². The maximum absolute atomic E-state index is 11.4. The molecule has 3 unspecified atom stereocenters. The monoisotopic (exact) mass is 196 g/mol. The summed E-state index contributed by atoms with van der Waals surface area (Å²) in [4.78, 5) is 11.4. The van der Waals surface area contributed by atoms with Crippen LogP contribution in [-0.4, -0.2) is 23.2 Å². The van der Waals surface area contributed by atoms with Crippen LogP contribution in [0.5, 0.6) is 0 Å². The first kappa shape index (κ1) is 11.0. The van der Waals surface area contributed by atoms with Gasteiger partial charge in [0, 0.05) is 11.5 Å². The van der Waals surface area contributed by atoms with Crippen LogP contribution in [0.1, 0.15) is 27.2 Å². The predicted octanol–water partition coefficient (Wildman–Crippen LogP) is 0.422. The average molecular weight is 196 g/mol. The molecule has 78 valence electrons. The lowest BCUT2D eigenvalue weighted by atomic mass is 9.64. The van der Waals surface area contributed by atoms with E-state index >= 15 is 0 Å². The fourth-order valence-electron chi connectivity index (χ4n) is 1.50. The number of nitrogens with one attached hydrogen (secondary N) is 1. The Balaban J connectivity index is 2.49. The summed E-state index contributed by atoms with van der Waals surface area (Å²) in [6.07, 6.45) is 0.224. The Bertz CT molecular complexity index is 280. The predicted molar refractivity (Wildman–Crippen MR) is 51.1 cm³/mol. The second kappa shape index (κ2) is 3.58. The van der Waals surface area contributed by atoms with E-state index in [1.54, 1.807) is 6.92 Å². The molecular formula is C10H16N2O2. The Hall–Kier alpha value is -1.08. The highest BCUT2D eigenvalue weighted by molar-refractivity contribution is 5.81. The molecule has 4 heteroatoms. The summed E-state index contributed by atoms with van der Waals surface area (Å²) in [5.74, 6) is -0.874. The molecule has 1 fully saturated rings. The van der Waals surface area contributed by atoms with Gasteiger partial charge in [-0.25, -0.2) is 0 Å². The second-order valence-electron chi connectivity index (χ2n) is 4.48. The molecule has 1 rings (SSSR count). The normalized spacial score (nSPS) is 31.1. The maximum Gasteiger partial charge on any atom is 0.237 e. The number of aliphatic hydroxyl groups is 1. The fourth-order valence-corrected chi connectivity index (χ4v) is 1.50. The minimum absolute atomic E-state index is 0.0131. The first-order valence-corrected chi connectivity index (χ1v) is 4.77. The molecule has 14 heavy (non-hydrogen) atoms. The molecule has 1 amide bonds. The van der Waals surface area contributed by atoms with Crippen LogP contribution in [0.3, 0.4) is 0 Å². The van der Waals surface area contributed by atoms with Crippen LogP contribution in [0.4, 0.5) is 0 Å². The molecular weight excluding hydrogens is 180 g/mol. The highest BCUT2D eigenvalue weighted by atomic mass is 16.3. The van der Waals surface area contributed by atoms with Gasteiger partial charge in [0.2, 0.25) is 5.91 Å². The zero-order valence-electron chi connectivity index (χ0n) is 8.74. The first-order chi connectivity index (χ1) is 6.39. The summed E-state index contributed by atoms with van der Waals surface area (Å²) >= 11 is 0. The third-order valence-electron chi connectivity index (χ3n) is 3.12. The molecule has 2 N–H and O–H groups in total. The molecule has 0 radical (unpaired) electrons. The van der Waals surface area contributed by atoms with Crippen LogP contribution >= 0.6 is 0 Å². The molecule has 0 saturated heterocycles. The molecule has 0 spiro atoms. The Morgan fingerprint density at radius 2 is 2.29 bits per heavy atom. The summed E-state index contributed by atoms with van der Waals surface area (Å²) < 4.78 is 0. The smallest absolute Gasteiger partial charge is 0.237 e. The Kier molecular flexibility index (Phi) is 2.81. The molecule has 1 saturated carbocycles. The lowest BCUT2D eigenvalue weighted by Gasteiger charge is -2.49. The van der Waals surface area contributed by atoms with Crippen molar-refractivity contribution < 1.29 is 9.90 Å². The number of carbonyl (C=O) groups excluding carboxylic acids is 1. The van der Waals surface area contributed by atoms with Crippen LogP contribution in [0.25, 0.3) is 0 Å². The fraction of sp³-hybridized carbons (Fsp3) is 0.800. The number of hydrogen-bond acceptors (Lipinski definition) is 3. The molecule has 0 aromatic heterocycles. The topological polar surface area (TPSA) is 73.1 Å². The minimum Gasteiger partial charge on any atom is -0.392 e. The number of rotatable bonds is 2. The summed E-state index contributed by atoms with van der Waals surface area (Å²) in [6.45, 7) is 5.38. The van der Waals surface area contributed by atoms with Crippen molar-refractivity contribution >= 4 is 5.91 Å². The van der Waals surface area contributed by atoms with Crippen molar-refractivity contribution in [1.82, 2.24) is 5.32 Å². The zero-order valence-corrected chi connectivity index (χ0v) is 8.74. The molecule has 4 nitrogen and oxygen atoms in total. The number of nitrogens with zero attached hydrogens (tertiary/aromatic N) is 1. The van der Waals surface area contributed by atoms with Gasteiger partial charge in [0.1, 0.15) is 5.92 Å². The van der Waals surface area contributed by atoms with E-state index in [0.29, 0.717) is 6.42 Å². The van der Waals surface area contributed by atoms with E-state index in [-0.39, 0.29) is 23.5 Å². The van der Waals surface area contributed by atoms with Gasteiger partial charge < -0.3 is 10.4 Å². The van der Waals surface area contributed by atoms with Crippen molar-refractivity contribution in [2.24, 2.45) is 11.3 Å². The van der Waals surface area contributed by atoms with Crippen molar-refractivity contribution in [1.29, 1.82) is 5.26 Å². The Labute approximate surface area is 83.9 Å². The van der Waals surface area contributed by atoms with Crippen LogP contribution in [-0.2, 0) is 4.79 Å². The van der Waals surface area contributed by atoms with Crippen LogP contribution in [0.15, 0.2) is 0 Å². The molecule has 0 bridgehead atoms. The van der Waals surface area contributed by atoms with E-state index < -0.39 is 5.92 Å². The molecule has 3 atom stereocenters. The van der Waals surface area contributed by atoms with E-state index in [1.807, 2.05) is 19.9 Å². The van der Waals surface area contributed by atoms with Crippen LogP contribution in [0.2, 0.25) is 0 Å². The summed E-state index contributed by atoms with van der Waals surface area (Å²) in [5, 5.41) is 20.7. The van der Waals surface area contributed by atoms with E-state index in [4.69, 9.17) is 5.26 Å². The van der Waals surface area contributed by atoms with Gasteiger partial charge in [-0.3, -0.25) is 4.79 Å². The highest BCUT2D eigenvalue weighted by Crippen LogP contribution is 2.40. The van der Waals surface area contributed by atoms with Gasteiger partial charge in [-0.15, -0.1) is 0 Å². The summed E-state index contributed by atoms with van der Waals surface area (Å²) in [6, 6.07) is 1.87. The molecule has 1 aliphatic carbocycles. The van der Waals surface area contributed by atoms with E-state index in [1.165, 1.54) is 0 Å². The lowest BCUT2D eigenvalue weighted by molar-refractivity contribution is -0.131. The number of amides is 1. The maximum atomic E-state index is 11.4. The quantitative estimate of drug-likeness (QED) is 0.672.